The summed E-state index contributed by atoms with van der Waals surface area (Å²) in [6, 6.07) is 3.27. The van der Waals surface area contributed by atoms with Gasteiger partial charge in [0.15, 0.2) is 0 Å². The smallest absolute Gasteiger partial charge is 0.350 e. The van der Waals surface area contributed by atoms with Gasteiger partial charge in [0.05, 0.1) is 12.7 Å². The van der Waals surface area contributed by atoms with Crippen molar-refractivity contribution in [2.45, 2.75) is 25.9 Å². The highest BCUT2D eigenvalue weighted by Gasteiger charge is 2.44. The molecule has 0 fully saturated rings. The largest absolute Gasteiger partial charge is 0.466 e. The minimum atomic E-state index is -1.28. The molecule has 1 aromatic carbocycles. The van der Waals surface area contributed by atoms with Crippen LogP contribution in [0.3, 0.4) is 0 Å². The van der Waals surface area contributed by atoms with Crippen LogP contribution < -0.4 is 0 Å². The lowest BCUT2D eigenvalue weighted by atomic mass is 9.87. The minimum Gasteiger partial charge on any atom is -0.466 e. The van der Waals surface area contributed by atoms with Gasteiger partial charge in [-0.1, -0.05) is 11.6 Å². The van der Waals surface area contributed by atoms with E-state index in [9.17, 15) is 9.59 Å². The van der Waals surface area contributed by atoms with Crippen LogP contribution in [-0.4, -0.2) is 24.6 Å². The van der Waals surface area contributed by atoms with Crippen LogP contribution in [0.5, 0.6) is 0 Å². The van der Waals surface area contributed by atoms with Crippen LogP contribution >= 0.6 is 11.6 Å². The number of halogens is 1. The summed E-state index contributed by atoms with van der Waals surface area (Å²) in [6.45, 7) is 3.36. The molecule has 0 saturated heterocycles. The molecule has 1 aromatic rings. The second-order valence-corrected chi connectivity index (χ2v) is 4.89. The van der Waals surface area contributed by atoms with Crippen molar-refractivity contribution in [3.05, 3.63) is 33.8 Å². The molecule has 1 atom stereocenters. The van der Waals surface area contributed by atoms with Crippen molar-refractivity contribution in [1.82, 2.24) is 0 Å². The average molecular weight is 269 g/mol. The van der Waals surface area contributed by atoms with Crippen molar-refractivity contribution in [3.8, 4) is 0 Å². The maximum atomic E-state index is 11.9. The molecule has 2 rings (SSSR count). The summed E-state index contributed by atoms with van der Waals surface area (Å²) < 4.78 is 9.87. The van der Waals surface area contributed by atoms with Crippen LogP contribution in [0.25, 0.3) is 0 Å². The highest BCUT2D eigenvalue weighted by Crippen LogP contribution is 2.33. The summed E-state index contributed by atoms with van der Waals surface area (Å²) in [5.41, 5.74) is 0.708. The van der Waals surface area contributed by atoms with Crippen LogP contribution in [0.15, 0.2) is 12.1 Å². The first-order valence-corrected chi connectivity index (χ1v) is 5.86. The predicted octanol–water partition coefficient (Wildman–Crippen LogP) is 2.29. The van der Waals surface area contributed by atoms with Gasteiger partial charge in [0.2, 0.25) is 5.60 Å². The fourth-order valence-electron chi connectivity index (χ4n) is 2.11. The zero-order chi connectivity index (χ0) is 13.5. The third-order valence-electron chi connectivity index (χ3n) is 3.20. The van der Waals surface area contributed by atoms with E-state index in [2.05, 4.69) is 4.74 Å². The molecule has 0 amide bonds. The molecular formula is C13H13ClO4. The topological polar surface area (TPSA) is 52.6 Å². The van der Waals surface area contributed by atoms with E-state index in [-0.39, 0.29) is 6.42 Å². The number of carbonyl (C=O) groups excluding carboxylic acids is 2. The number of carbonyl (C=O) groups is 2. The highest BCUT2D eigenvalue weighted by molar-refractivity contribution is 6.31. The second-order valence-electron chi connectivity index (χ2n) is 4.49. The zero-order valence-electron chi connectivity index (χ0n) is 10.4. The molecule has 0 aromatic heterocycles. The summed E-state index contributed by atoms with van der Waals surface area (Å²) in [6.07, 6.45) is 0.271. The van der Waals surface area contributed by atoms with Gasteiger partial charge in [-0.25, -0.2) is 9.59 Å². The summed E-state index contributed by atoms with van der Waals surface area (Å²) in [5, 5.41) is 0.565. The number of hydrogen-bond acceptors (Lipinski definition) is 4. The number of hydrogen-bond donors (Lipinski definition) is 0. The number of fused-ring (bicyclic) bond motifs is 1. The molecule has 5 heteroatoms. The first-order chi connectivity index (χ1) is 8.39. The van der Waals surface area contributed by atoms with Gasteiger partial charge < -0.3 is 9.47 Å². The van der Waals surface area contributed by atoms with E-state index in [0.717, 1.165) is 11.1 Å². The van der Waals surface area contributed by atoms with Crippen LogP contribution in [-0.2, 0) is 20.7 Å². The van der Waals surface area contributed by atoms with E-state index >= 15 is 0 Å². The van der Waals surface area contributed by atoms with Crippen LogP contribution in [0.4, 0.5) is 0 Å². The number of cyclic esters (lactones) is 1. The summed E-state index contributed by atoms with van der Waals surface area (Å²) >= 11 is 6.03. The van der Waals surface area contributed by atoms with Gasteiger partial charge in [0.25, 0.3) is 0 Å². The van der Waals surface area contributed by atoms with Gasteiger partial charge in [-0.15, -0.1) is 0 Å². The van der Waals surface area contributed by atoms with E-state index in [4.69, 9.17) is 16.3 Å². The second kappa shape index (κ2) is 4.28. The Morgan fingerprint density at radius 3 is 2.78 bits per heavy atom. The Morgan fingerprint density at radius 2 is 2.17 bits per heavy atom. The standard InChI is InChI=1S/C13H13ClO4/c1-7-9-6-13(2,12(16)17-3)18-11(15)8(9)4-5-10(7)14/h4-5H,6H2,1-3H3. The van der Waals surface area contributed by atoms with E-state index < -0.39 is 17.5 Å². The van der Waals surface area contributed by atoms with Crippen molar-refractivity contribution in [3.63, 3.8) is 0 Å². The lowest BCUT2D eigenvalue weighted by molar-refractivity contribution is -0.161. The number of esters is 2. The highest BCUT2D eigenvalue weighted by atomic mass is 35.5. The minimum absolute atomic E-state index is 0.271. The van der Waals surface area contributed by atoms with Crippen LogP contribution in [0.2, 0.25) is 5.02 Å². The predicted molar refractivity (Wildman–Crippen MR) is 65.7 cm³/mol. The van der Waals surface area contributed by atoms with Crippen LogP contribution in [0.1, 0.15) is 28.4 Å². The van der Waals surface area contributed by atoms with Crippen molar-refractivity contribution < 1.29 is 19.1 Å². The third kappa shape index (κ3) is 1.86. The third-order valence-corrected chi connectivity index (χ3v) is 3.61. The van der Waals surface area contributed by atoms with Crippen molar-refractivity contribution in [2.24, 2.45) is 0 Å². The van der Waals surface area contributed by atoms with Gasteiger partial charge >= 0.3 is 11.9 Å². The molecule has 18 heavy (non-hydrogen) atoms. The molecule has 4 nitrogen and oxygen atoms in total. The molecule has 0 saturated carbocycles. The van der Waals surface area contributed by atoms with E-state index in [1.54, 1.807) is 19.1 Å². The Morgan fingerprint density at radius 1 is 1.50 bits per heavy atom. The Hall–Kier alpha value is -1.55. The van der Waals surface area contributed by atoms with Crippen molar-refractivity contribution in [2.75, 3.05) is 7.11 Å². The number of methoxy groups -OCH3 is 1. The van der Waals surface area contributed by atoms with E-state index in [1.165, 1.54) is 7.11 Å². The lowest BCUT2D eigenvalue weighted by Gasteiger charge is -2.32. The Kier molecular flexibility index (Phi) is 3.07. The Balaban J connectivity index is 2.54. The average Bonchev–Trinajstić information content (AvgIpc) is 2.33. The summed E-state index contributed by atoms with van der Waals surface area (Å²) in [4.78, 5) is 23.6. The maximum absolute atomic E-state index is 11.9. The fourth-order valence-corrected chi connectivity index (χ4v) is 2.29. The molecule has 0 aliphatic carbocycles. The monoisotopic (exact) mass is 268 g/mol. The SMILES string of the molecule is COC(=O)C1(C)Cc2c(ccc(Cl)c2C)C(=O)O1. The van der Waals surface area contributed by atoms with Crippen molar-refractivity contribution in [1.29, 1.82) is 0 Å². The van der Waals surface area contributed by atoms with Gasteiger partial charge in [-0.2, -0.15) is 0 Å². The molecule has 96 valence electrons. The molecule has 0 spiro atoms. The first-order valence-electron chi connectivity index (χ1n) is 5.49. The fraction of sp³-hybridized carbons (Fsp3) is 0.385. The Bertz CT molecular complexity index is 538. The quantitative estimate of drug-likeness (QED) is 0.734. The zero-order valence-corrected chi connectivity index (χ0v) is 11.1. The molecule has 1 unspecified atom stereocenters. The summed E-state index contributed by atoms with van der Waals surface area (Å²) in [7, 11) is 1.27. The summed E-state index contributed by atoms with van der Waals surface area (Å²) in [5.74, 6) is -1.09. The lowest BCUT2D eigenvalue weighted by Crippen LogP contribution is -2.46. The van der Waals surface area contributed by atoms with E-state index in [1.807, 2.05) is 6.92 Å². The molecule has 1 aliphatic heterocycles. The molecule has 0 radical (unpaired) electrons. The molecule has 1 heterocycles. The van der Waals surface area contributed by atoms with Gasteiger partial charge in [-0.3, -0.25) is 0 Å². The van der Waals surface area contributed by atoms with Crippen molar-refractivity contribution >= 4 is 23.5 Å². The number of ether oxygens (including phenoxy) is 2. The van der Waals surface area contributed by atoms with Gasteiger partial charge in [-0.05, 0) is 37.1 Å². The number of rotatable bonds is 1. The van der Waals surface area contributed by atoms with Gasteiger partial charge in [0, 0.05) is 11.4 Å². The first kappa shape index (κ1) is 12.9. The van der Waals surface area contributed by atoms with Gasteiger partial charge in [0.1, 0.15) is 0 Å². The number of benzene rings is 1. The molecular weight excluding hydrogens is 256 g/mol. The molecule has 1 aliphatic rings. The molecule has 0 N–H and O–H groups in total. The van der Waals surface area contributed by atoms with Crippen LogP contribution in [0, 0.1) is 6.92 Å². The Labute approximate surface area is 110 Å². The normalized spacial score (nSPS) is 22.1. The maximum Gasteiger partial charge on any atom is 0.350 e. The molecule has 0 bridgehead atoms. The van der Waals surface area contributed by atoms with E-state index in [0.29, 0.717) is 10.6 Å².